The van der Waals surface area contributed by atoms with Crippen molar-refractivity contribution in [1.82, 2.24) is 5.32 Å². The van der Waals surface area contributed by atoms with Gasteiger partial charge in [-0.15, -0.1) is 0 Å². The van der Waals surface area contributed by atoms with Crippen LogP contribution in [0.25, 0.3) is 0 Å². The van der Waals surface area contributed by atoms with Gasteiger partial charge >= 0.3 is 0 Å². The molecule has 1 aromatic rings. The zero-order valence-corrected chi connectivity index (χ0v) is 10.2. The summed E-state index contributed by atoms with van der Waals surface area (Å²) in [6, 6.07) is 4.24. The molecule has 0 spiro atoms. The van der Waals surface area contributed by atoms with Gasteiger partial charge in [0, 0.05) is 13.1 Å². The van der Waals surface area contributed by atoms with Gasteiger partial charge in [0.15, 0.2) is 17.7 Å². The van der Waals surface area contributed by atoms with Gasteiger partial charge in [-0.3, -0.25) is 4.79 Å². The molecule has 0 saturated heterocycles. The second-order valence-corrected chi connectivity index (χ2v) is 3.85. The van der Waals surface area contributed by atoms with Crippen LogP contribution in [0.15, 0.2) is 18.2 Å². The van der Waals surface area contributed by atoms with Gasteiger partial charge in [0.2, 0.25) is 0 Å². The number of likely N-dealkylation sites (N-methyl/N-ethyl adjacent to an activating group) is 1. The van der Waals surface area contributed by atoms with Crippen molar-refractivity contribution in [3.05, 3.63) is 29.6 Å². The number of ether oxygens (including phenoxy) is 1. The molecular formula is C12H17FN2O2. The van der Waals surface area contributed by atoms with E-state index >= 15 is 0 Å². The van der Waals surface area contributed by atoms with E-state index in [2.05, 4.69) is 5.32 Å². The van der Waals surface area contributed by atoms with E-state index in [1.165, 1.54) is 19.2 Å². The largest absolute Gasteiger partial charge is 0.478 e. The van der Waals surface area contributed by atoms with Crippen molar-refractivity contribution in [3.8, 4) is 5.75 Å². The van der Waals surface area contributed by atoms with E-state index < -0.39 is 11.9 Å². The minimum absolute atomic E-state index is 0.0468. The molecule has 4 nitrogen and oxygen atoms in total. The predicted octanol–water partition coefficient (Wildman–Crippen LogP) is 1.36. The smallest absolute Gasteiger partial charge is 0.260 e. The molecule has 3 N–H and O–H groups in total. The highest BCUT2D eigenvalue weighted by molar-refractivity contribution is 5.80. The van der Waals surface area contributed by atoms with E-state index in [0.717, 1.165) is 0 Å². The first-order chi connectivity index (χ1) is 7.95. The number of carbonyl (C=O) groups excluding carboxylic acids is 1. The van der Waals surface area contributed by atoms with Crippen LogP contribution in [0.2, 0.25) is 0 Å². The summed E-state index contributed by atoms with van der Waals surface area (Å²) in [6.07, 6.45) is -0.740. The lowest BCUT2D eigenvalue weighted by molar-refractivity contribution is -0.126. The Morgan fingerprint density at radius 2 is 2.12 bits per heavy atom. The van der Waals surface area contributed by atoms with Gasteiger partial charge in [-0.05, 0) is 31.5 Å². The van der Waals surface area contributed by atoms with Crippen LogP contribution in [0.1, 0.15) is 25.5 Å². The first-order valence-corrected chi connectivity index (χ1v) is 5.39. The Labute approximate surface area is 100.0 Å². The number of rotatable bonds is 4. The summed E-state index contributed by atoms with van der Waals surface area (Å²) >= 11 is 0. The molecule has 5 heteroatoms. The Morgan fingerprint density at radius 3 is 2.59 bits per heavy atom. The maximum absolute atomic E-state index is 13.6. The predicted molar refractivity (Wildman–Crippen MR) is 63.2 cm³/mol. The maximum Gasteiger partial charge on any atom is 0.260 e. The summed E-state index contributed by atoms with van der Waals surface area (Å²) < 4.78 is 18.8. The number of nitrogens with two attached hydrogens (primary N) is 1. The van der Waals surface area contributed by atoms with Gasteiger partial charge in [0.25, 0.3) is 5.91 Å². The Balaban J connectivity index is 2.83. The summed E-state index contributed by atoms with van der Waals surface area (Å²) in [5.74, 6) is -0.776. The highest BCUT2D eigenvalue weighted by Crippen LogP contribution is 2.22. The fraction of sp³-hybridized carbons (Fsp3) is 0.417. The molecule has 0 aliphatic rings. The van der Waals surface area contributed by atoms with Crippen LogP contribution in [-0.4, -0.2) is 19.1 Å². The summed E-state index contributed by atoms with van der Waals surface area (Å²) in [5, 5.41) is 2.43. The third-order valence-corrected chi connectivity index (χ3v) is 2.40. The summed E-state index contributed by atoms with van der Waals surface area (Å²) in [5.41, 5.74) is 6.31. The molecular weight excluding hydrogens is 223 g/mol. The fourth-order valence-electron chi connectivity index (χ4n) is 1.34. The minimum Gasteiger partial charge on any atom is -0.478 e. The van der Waals surface area contributed by atoms with Crippen molar-refractivity contribution >= 4 is 5.91 Å². The van der Waals surface area contributed by atoms with E-state index in [-0.39, 0.29) is 17.7 Å². The van der Waals surface area contributed by atoms with Crippen molar-refractivity contribution in [3.63, 3.8) is 0 Å². The molecule has 1 rings (SSSR count). The van der Waals surface area contributed by atoms with Crippen molar-refractivity contribution < 1.29 is 13.9 Å². The lowest BCUT2D eigenvalue weighted by Crippen LogP contribution is -2.33. The molecule has 94 valence electrons. The van der Waals surface area contributed by atoms with E-state index in [9.17, 15) is 9.18 Å². The molecule has 0 aromatic heterocycles. The molecule has 0 radical (unpaired) electrons. The third-order valence-electron chi connectivity index (χ3n) is 2.40. The number of hydrogen-bond donors (Lipinski definition) is 2. The van der Waals surface area contributed by atoms with Crippen LogP contribution in [0.5, 0.6) is 5.75 Å². The molecule has 2 atom stereocenters. The standard InChI is InChI=1S/C12H17FN2O2/c1-7(14)9-4-5-11(10(13)6-9)17-8(2)12(16)15-3/h4-8H,14H2,1-3H3,(H,15,16)/t7-,8?/m0/s1. The van der Waals surface area contributed by atoms with Crippen molar-refractivity contribution in [2.24, 2.45) is 5.73 Å². The number of hydrogen-bond acceptors (Lipinski definition) is 3. The van der Waals surface area contributed by atoms with E-state index in [0.29, 0.717) is 5.56 Å². The van der Waals surface area contributed by atoms with Crippen molar-refractivity contribution in [2.75, 3.05) is 7.05 Å². The summed E-state index contributed by atoms with van der Waals surface area (Å²) in [7, 11) is 1.50. The average Bonchev–Trinajstić information content (AvgIpc) is 2.30. The van der Waals surface area contributed by atoms with Gasteiger partial charge in [-0.1, -0.05) is 6.07 Å². The third kappa shape index (κ3) is 3.42. The monoisotopic (exact) mass is 240 g/mol. The molecule has 17 heavy (non-hydrogen) atoms. The van der Waals surface area contributed by atoms with Crippen molar-refractivity contribution in [1.29, 1.82) is 0 Å². The maximum atomic E-state index is 13.6. The molecule has 0 heterocycles. The SMILES string of the molecule is CNC(=O)C(C)Oc1ccc([C@H](C)N)cc1F. The molecule has 0 aliphatic carbocycles. The normalized spacial score (nSPS) is 13.9. The highest BCUT2D eigenvalue weighted by Gasteiger charge is 2.15. The Kier molecular flexibility index (Phi) is 4.45. The van der Waals surface area contributed by atoms with Gasteiger partial charge in [0.05, 0.1) is 0 Å². The summed E-state index contributed by atoms with van der Waals surface area (Å²) in [4.78, 5) is 11.2. The van der Waals surface area contributed by atoms with E-state index in [1.807, 2.05) is 0 Å². The first-order valence-electron chi connectivity index (χ1n) is 5.39. The second-order valence-electron chi connectivity index (χ2n) is 3.85. The number of carbonyl (C=O) groups is 1. The van der Waals surface area contributed by atoms with Gasteiger partial charge < -0.3 is 15.8 Å². The number of amides is 1. The molecule has 0 saturated carbocycles. The van der Waals surface area contributed by atoms with Crippen LogP contribution < -0.4 is 15.8 Å². The molecule has 0 aliphatic heterocycles. The van der Waals surface area contributed by atoms with Crippen LogP contribution in [-0.2, 0) is 4.79 Å². The topological polar surface area (TPSA) is 64.3 Å². The zero-order chi connectivity index (χ0) is 13.0. The first kappa shape index (κ1) is 13.4. The lowest BCUT2D eigenvalue weighted by Gasteiger charge is -2.14. The molecule has 1 unspecified atom stereocenters. The number of halogens is 1. The van der Waals surface area contributed by atoms with Gasteiger partial charge in [0.1, 0.15) is 0 Å². The van der Waals surface area contributed by atoms with E-state index in [4.69, 9.17) is 10.5 Å². The van der Waals surface area contributed by atoms with Crippen molar-refractivity contribution in [2.45, 2.75) is 26.0 Å². The Bertz CT molecular complexity index is 407. The summed E-state index contributed by atoms with van der Waals surface area (Å²) in [6.45, 7) is 3.32. The fourth-order valence-corrected chi connectivity index (χ4v) is 1.34. The highest BCUT2D eigenvalue weighted by atomic mass is 19.1. The zero-order valence-electron chi connectivity index (χ0n) is 10.2. The quantitative estimate of drug-likeness (QED) is 0.835. The minimum atomic E-state index is -0.740. The lowest BCUT2D eigenvalue weighted by atomic mass is 10.1. The van der Waals surface area contributed by atoms with Gasteiger partial charge in [-0.25, -0.2) is 4.39 Å². The second kappa shape index (κ2) is 5.63. The molecule has 0 bridgehead atoms. The van der Waals surface area contributed by atoms with Crippen LogP contribution in [0, 0.1) is 5.82 Å². The van der Waals surface area contributed by atoms with Gasteiger partial charge in [-0.2, -0.15) is 0 Å². The number of benzene rings is 1. The van der Waals surface area contributed by atoms with E-state index in [1.54, 1.807) is 19.9 Å². The molecule has 1 aromatic carbocycles. The Hall–Kier alpha value is -1.62. The Morgan fingerprint density at radius 1 is 1.47 bits per heavy atom. The average molecular weight is 240 g/mol. The number of nitrogens with one attached hydrogen (secondary N) is 1. The molecule has 1 amide bonds. The van der Waals surface area contributed by atoms with Crippen LogP contribution in [0.4, 0.5) is 4.39 Å². The van der Waals surface area contributed by atoms with Crippen LogP contribution >= 0.6 is 0 Å². The van der Waals surface area contributed by atoms with Crippen LogP contribution in [0.3, 0.4) is 0 Å². The molecule has 0 fully saturated rings.